The van der Waals surface area contributed by atoms with Crippen molar-refractivity contribution in [1.82, 2.24) is 39.9 Å². The van der Waals surface area contributed by atoms with Crippen LogP contribution in [-0.4, -0.2) is 125 Å². The van der Waals surface area contributed by atoms with Crippen LogP contribution in [0.15, 0.2) is 97.1 Å². The summed E-state index contributed by atoms with van der Waals surface area (Å²) in [5, 5.41) is 3.82. The van der Waals surface area contributed by atoms with Gasteiger partial charge < -0.3 is 37.1 Å². The molecule has 8 bridgehead atoms. The zero-order valence-electron chi connectivity index (χ0n) is 69.3. The first-order chi connectivity index (χ1) is 53.0. The number of methoxy groups -OCH3 is 4. The molecule has 0 unspecified atom stereocenters. The van der Waals surface area contributed by atoms with Gasteiger partial charge in [0.25, 0.3) is 0 Å². The van der Waals surface area contributed by atoms with Gasteiger partial charge in [0.2, 0.25) is 0 Å². The van der Waals surface area contributed by atoms with E-state index in [1.54, 1.807) is 0 Å². The lowest BCUT2D eigenvalue weighted by atomic mass is 10.1. The molecule has 0 amide bonds. The Morgan fingerprint density at radius 3 is 0.618 bits per heavy atom. The standard InChI is InChI=1S/C32H18N8.2C28H58O5Si2/c1-2-10-18-17(9-1)25-33-26(18)38-28-21-13-5-6-14-22(21)30(35-28)40-32-24-16-8-7-15-23(24)31(36-32)39-29-20-12-4-3-11-19(20)27(34-29)37-25;2*1-31-27(29)23-19-15-11-7-9-13-17-21-25-34(3,4)33-35(5,6)26-22-18-14-10-8-12-16-20-24-28(30)32-2/h1-16H,(H2,33,34,35,36,37,38,39,40);2*7-26H2,1-6H3. The van der Waals surface area contributed by atoms with Gasteiger partial charge in [0.15, 0.2) is 56.6 Å². The summed E-state index contributed by atoms with van der Waals surface area (Å²) in [6, 6.07) is 37.4. The predicted octanol–water partition coefficient (Wildman–Crippen LogP) is 24.4. The SMILES string of the molecule is COC(=O)CCCCCCCCCC[Si](C)(C)O[Si](C)(C)CCCCCCCCCCC(=O)OC.COC(=O)CCCCCCCCCC[Si](C)(C)O[Si](C)(C)CCCCCCCCCCC(=O)OC.c1ccc2c(c1)-c1nc-2nc2[nH]c(nc3nc(nc4[nH]c(n1)c1ccccc41)-c1ccccc1-3)c1ccccc21. The third-order valence-corrected chi connectivity index (χ3v) is 36.2. The van der Waals surface area contributed by atoms with E-state index in [2.05, 4.69) is 81.3 Å². The van der Waals surface area contributed by atoms with E-state index in [0.29, 0.717) is 71.6 Å². The summed E-state index contributed by atoms with van der Waals surface area (Å²) >= 11 is 0. The fraction of sp³-hybridized carbons (Fsp3) is 0.591. The molecule has 5 heterocycles. The van der Waals surface area contributed by atoms with Crippen LogP contribution in [0.1, 0.15) is 231 Å². The number of unbranched alkanes of at least 4 members (excludes halogenated alkanes) is 28. The van der Waals surface area contributed by atoms with Crippen LogP contribution in [0.2, 0.25) is 76.6 Å². The number of ether oxygens (including phenoxy) is 4. The van der Waals surface area contributed by atoms with Crippen LogP contribution >= 0.6 is 0 Å². The second kappa shape index (κ2) is 48.1. The number of hydrogen-bond acceptors (Lipinski definition) is 16. The number of nitrogens with zero attached hydrogens (tertiary/aromatic N) is 6. The van der Waals surface area contributed by atoms with Crippen molar-refractivity contribution in [3.05, 3.63) is 97.1 Å². The molecule has 9 rings (SSSR count). The molecule has 2 N–H and O–H groups in total. The number of aromatic amines is 2. The Morgan fingerprint density at radius 2 is 0.427 bits per heavy atom. The third-order valence-electron chi connectivity index (χ3n) is 21.1. The van der Waals surface area contributed by atoms with Gasteiger partial charge in [-0.1, -0.05) is 277 Å². The highest BCUT2D eigenvalue weighted by Crippen LogP contribution is 2.38. The maximum absolute atomic E-state index is 11.1. The van der Waals surface area contributed by atoms with Gasteiger partial charge in [0.1, 0.15) is 22.6 Å². The van der Waals surface area contributed by atoms with Crippen molar-refractivity contribution in [3.63, 3.8) is 0 Å². The van der Waals surface area contributed by atoms with Crippen LogP contribution in [0.3, 0.4) is 0 Å². The van der Waals surface area contributed by atoms with Crippen LogP contribution < -0.4 is 0 Å². The van der Waals surface area contributed by atoms with Crippen molar-refractivity contribution < 1.29 is 46.4 Å². The highest BCUT2D eigenvalue weighted by molar-refractivity contribution is 6.85. The van der Waals surface area contributed by atoms with Crippen molar-refractivity contribution in [2.45, 2.75) is 308 Å². The van der Waals surface area contributed by atoms with Crippen molar-refractivity contribution >= 4 is 101 Å². The fourth-order valence-electron chi connectivity index (χ4n) is 15.2. The van der Waals surface area contributed by atoms with Crippen molar-refractivity contribution in [1.29, 1.82) is 0 Å². The number of H-pyrrole nitrogens is 2. The molecule has 110 heavy (non-hydrogen) atoms. The zero-order valence-corrected chi connectivity index (χ0v) is 73.3. The summed E-state index contributed by atoms with van der Waals surface area (Å²) in [5.74, 6) is 2.06. The summed E-state index contributed by atoms with van der Waals surface area (Å²) in [6.07, 6.45) is 41.9. The minimum absolute atomic E-state index is 0.0814. The minimum atomic E-state index is -1.56. The first kappa shape index (κ1) is 90.1. The van der Waals surface area contributed by atoms with Gasteiger partial charge >= 0.3 is 23.9 Å². The van der Waals surface area contributed by atoms with E-state index < -0.39 is 33.3 Å². The van der Waals surface area contributed by atoms with Crippen LogP contribution in [0.25, 0.3) is 89.7 Å². The second-order valence-electron chi connectivity index (χ2n) is 32.7. The highest BCUT2D eigenvalue weighted by atomic mass is 28.4. The third kappa shape index (κ3) is 32.2. The van der Waals surface area contributed by atoms with Gasteiger partial charge in [0, 0.05) is 69.5 Å². The molecule has 7 aromatic rings. The number of aromatic nitrogens is 8. The quantitative estimate of drug-likeness (QED) is 0.0156. The Kier molecular flexibility index (Phi) is 39.4. The molecule has 0 fully saturated rings. The molecular weight excluding hydrogens is 1440 g/mol. The molecule has 18 nitrogen and oxygen atoms in total. The van der Waals surface area contributed by atoms with E-state index in [-0.39, 0.29) is 23.9 Å². The molecule has 0 radical (unpaired) electrons. The Hall–Kier alpha value is -7.09. The van der Waals surface area contributed by atoms with Crippen molar-refractivity contribution in [2.24, 2.45) is 0 Å². The lowest BCUT2D eigenvalue weighted by Crippen LogP contribution is -2.44. The Morgan fingerprint density at radius 1 is 0.255 bits per heavy atom. The Balaban J connectivity index is 0.000000231. The molecule has 4 aromatic carbocycles. The van der Waals surface area contributed by atoms with E-state index >= 15 is 0 Å². The topological polar surface area (TPSA) is 233 Å². The summed E-state index contributed by atoms with van der Waals surface area (Å²) in [6.45, 7) is 19.4. The largest absolute Gasteiger partial charge is 0.469 e. The van der Waals surface area contributed by atoms with Crippen molar-refractivity contribution in [3.8, 4) is 45.6 Å². The summed E-state index contributed by atoms with van der Waals surface area (Å²) in [5.41, 5.74) is 6.45. The predicted molar refractivity (Wildman–Crippen MR) is 462 cm³/mol. The first-order valence-corrected chi connectivity index (χ1v) is 54.4. The molecule has 0 saturated heterocycles. The number of hydrogen-bond donors (Lipinski definition) is 2. The number of benzene rings is 4. The molecule has 0 aliphatic carbocycles. The lowest BCUT2D eigenvalue weighted by molar-refractivity contribution is -0.141. The van der Waals surface area contributed by atoms with Gasteiger partial charge in [-0.3, -0.25) is 19.2 Å². The summed E-state index contributed by atoms with van der Waals surface area (Å²) in [4.78, 5) is 81.2. The van der Waals surface area contributed by atoms with E-state index in [0.717, 1.165) is 95.2 Å². The molecule has 22 heteroatoms. The van der Waals surface area contributed by atoms with E-state index in [9.17, 15) is 19.2 Å². The van der Waals surface area contributed by atoms with Gasteiger partial charge in [-0.2, -0.15) is 0 Å². The Labute approximate surface area is 662 Å². The average Bonchev–Trinajstić information content (AvgIpc) is 1.61. The number of carbonyl (C=O) groups excluding carboxylic acids is 4. The summed E-state index contributed by atoms with van der Waals surface area (Å²) in [7, 11) is -0.385. The lowest BCUT2D eigenvalue weighted by Gasteiger charge is -2.34. The highest BCUT2D eigenvalue weighted by Gasteiger charge is 2.34. The summed E-state index contributed by atoms with van der Waals surface area (Å²) < 4.78 is 32.4. The van der Waals surface area contributed by atoms with Gasteiger partial charge in [-0.05, 0) is 102 Å². The molecule has 2 aliphatic rings. The number of carbonyl (C=O) groups is 4. The van der Waals surface area contributed by atoms with Crippen LogP contribution in [0, 0.1) is 0 Å². The molecule has 602 valence electrons. The first-order valence-electron chi connectivity index (χ1n) is 41.9. The van der Waals surface area contributed by atoms with Gasteiger partial charge in [-0.15, -0.1) is 0 Å². The van der Waals surface area contributed by atoms with Crippen LogP contribution in [0.4, 0.5) is 0 Å². The van der Waals surface area contributed by atoms with Gasteiger partial charge in [0.05, 0.1) is 28.4 Å². The van der Waals surface area contributed by atoms with Crippen LogP contribution in [0.5, 0.6) is 0 Å². The molecular formula is C88H134N8O10Si4. The fourth-order valence-corrected chi connectivity index (χ4v) is 33.2. The van der Waals surface area contributed by atoms with E-state index in [1.807, 2.05) is 97.1 Å². The molecule has 3 aromatic heterocycles. The zero-order chi connectivity index (χ0) is 79.0. The average molecular weight is 1580 g/mol. The molecule has 0 atom stereocenters. The van der Waals surface area contributed by atoms with E-state index in [1.165, 1.54) is 207 Å². The molecule has 2 aliphatic heterocycles. The van der Waals surface area contributed by atoms with Crippen molar-refractivity contribution in [2.75, 3.05) is 28.4 Å². The maximum Gasteiger partial charge on any atom is 0.305 e. The smallest absolute Gasteiger partial charge is 0.305 e. The maximum atomic E-state index is 11.1. The number of fused-ring (bicyclic) bond motifs is 20. The number of rotatable bonds is 48. The molecule has 0 spiro atoms. The van der Waals surface area contributed by atoms with Gasteiger partial charge in [-0.25, -0.2) is 29.9 Å². The van der Waals surface area contributed by atoms with E-state index in [4.69, 9.17) is 38.1 Å². The minimum Gasteiger partial charge on any atom is -0.469 e. The second-order valence-corrected chi connectivity index (χ2v) is 50.4. The molecule has 0 saturated carbocycles. The number of esters is 4. The monoisotopic (exact) mass is 1570 g/mol. The number of nitrogens with one attached hydrogen (secondary N) is 2. The van der Waals surface area contributed by atoms with Crippen LogP contribution in [-0.2, 0) is 46.4 Å². The normalized spacial score (nSPS) is 12.0. The Bertz CT molecular complexity index is 3620.